The molecule has 16 heavy (non-hydrogen) atoms. The minimum Gasteiger partial charge on any atom is -0.377 e. The maximum atomic E-state index is 11.2. The van der Waals surface area contributed by atoms with Crippen molar-refractivity contribution in [2.24, 2.45) is 5.92 Å². The summed E-state index contributed by atoms with van der Waals surface area (Å²) in [7, 11) is -2.79. The van der Waals surface area contributed by atoms with E-state index in [0.717, 1.165) is 19.5 Å². The molecule has 0 aromatic rings. The SMILES string of the molecule is O=S1(=O)CCC(OCCC2CCCNC2)C1. The highest BCUT2D eigenvalue weighted by molar-refractivity contribution is 7.91. The minimum absolute atomic E-state index is 0.0402. The van der Waals surface area contributed by atoms with Crippen molar-refractivity contribution in [2.45, 2.75) is 31.8 Å². The molecular formula is C11H21NO3S. The van der Waals surface area contributed by atoms with Crippen LogP contribution in [-0.2, 0) is 14.6 Å². The molecule has 2 rings (SSSR count). The van der Waals surface area contributed by atoms with E-state index in [1.54, 1.807) is 0 Å². The van der Waals surface area contributed by atoms with Crippen LogP contribution in [0, 0.1) is 5.92 Å². The molecule has 0 aromatic carbocycles. The summed E-state index contributed by atoms with van der Waals surface area (Å²) in [5, 5.41) is 3.37. The van der Waals surface area contributed by atoms with Crippen LogP contribution in [0.2, 0.25) is 0 Å². The minimum atomic E-state index is -2.79. The van der Waals surface area contributed by atoms with Gasteiger partial charge in [-0.15, -0.1) is 0 Å². The van der Waals surface area contributed by atoms with E-state index in [-0.39, 0.29) is 11.9 Å². The largest absolute Gasteiger partial charge is 0.377 e. The molecule has 0 spiro atoms. The summed E-state index contributed by atoms with van der Waals surface area (Å²) < 4.78 is 28.1. The Morgan fingerprint density at radius 3 is 2.81 bits per heavy atom. The second kappa shape index (κ2) is 5.47. The van der Waals surface area contributed by atoms with Crippen molar-refractivity contribution in [3.8, 4) is 0 Å². The van der Waals surface area contributed by atoms with Crippen LogP contribution >= 0.6 is 0 Å². The first-order chi connectivity index (χ1) is 7.66. The van der Waals surface area contributed by atoms with E-state index in [1.165, 1.54) is 12.8 Å². The third-order valence-electron chi connectivity index (χ3n) is 3.47. The molecule has 4 nitrogen and oxygen atoms in total. The Kier molecular flexibility index (Phi) is 4.21. The lowest BCUT2D eigenvalue weighted by molar-refractivity contribution is 0.0589. The Bertz CT molecular complexity index is 309. The van der Waals surface area contributed by atoms with E-state index in [0.29, 0.717) is 24.7 Å². The molecule has 94 valence electrons. The zero-order valence-electron chi connectivity index (χ0n) is 9.65. The predicted octanol–water partition coefficient (Wildman–Crippen LogP) is 0.580. The number of sulfone groups is 1. The van der Waals surface area contributed by atoms with Gasteiger partial charge < -0.3 is 10.1 Å². The number of hydrogen-bond donors (Lipinski definition) is 1. The topological polar surface area (TPSA) is 55.4 Å². The molecular weight excluding hydrogens is 226 g/mol. The highest BCUT2D eigenvalue weighted by atomic mass is 32.2. The Balaban J connectivity index is 1.61. The molecule has 2 atom stereocenters. The van der Waals surface area contributed by atoms with Crippen LogP contribution in [-0.4, -0.2) is 45.7 Å². The number of nitrogens with one attached hydrogen (secondary N) is 1. The lowest BCUT2D eigenvalue weighted by atomic mass is 9.97. The van der Waals surface area contributed by atoms with Gasteiger partial charge in [0.25, 0.3) is 0 Å². The van der Waals surface area contributed by atoms with E-state index < -0.39 is 9.84 Å². The van der Waals surface area contributed by atoms with E-state index in [1.807, 2.05) is 0 Å². The highest BCUT2D eigenvalue weighted by Crippen LogP contribution is 2.18. The van der Waals surface area contributed by atoms with Crippen molar-refractivity contribution < 1.29 is 13.2 Å². The molecule has 1 N–H and O–H groups in total. The summed E-state index contributed by atoms with van der Waals surface area (Å²) >= 11 is 0. The summed E-state index contributed by atoms with van der Waals surface area (Å²) in [6.07, 6.45) is 4.23. The molecule has 0 saturated carbocycles. The first-order valence-corrected chi connectivity index (χ1v) is 8.00. The van der Waals surface area contributed by atoms with E-state index >= 15 is 0 Å². The fourth-order valence-electron chi connectivity index (χ4n) is 2.46. The molecule has 0 amide bonds. The maximum absolute atomic E-state index is 11.2. The van der Waals surface area contributed by atoms with Gasteiger partial charge in [0.05, 0.1) is 17.6 Å². The van der Waals surface area contributed by atoms with Gasteiger partial charge in [0.2, 0.25) is 0 Å². The zero-order chi connectivity index (χ0) is 11.4. The third-order valence-corrected chi connectivity index (χ3v) is 5.21. The van der Waals surface area contributed by atoms with Gasteiger partial charge in [-0.25, -0.2) is 8.42 Å². The lowest BCUT2D eigenvalue weighted by Gasteiger charge is -2.23. The van der Waals surface area contributed by atoms with Crippen LogP contribution in [0.4, 0.5) is 0 Å². The maximum Gasteiger partial charge on any atom is 0.152 e. The standard InChI is InChI=1S/C11H21NO3S/c13-16(14)7-4-11(9-16)15-6-3-10-2-1-5-12-8-10/h10-12H,1-9H2. The number of hydrogen-bond acceptors (Lipinski definition) is 4. The number of piperidine rings is 1. The molecule has 2 heterocycles. The van der Waals surface area contributed by atoms with Crippen molar-refractivity contribution >= 4 is 9.84 Å². The number of ether oxygens (including phenoxy) is 1. The van der Waals surface area contributed by atoms with Crippen molar-refractivity contribution in [1.82, 2.24) is 5.32 Å². The van der Waals surface area contributed by atoms with Crippen molar-refractivity contribution in [3.63, 3.8) is 0 Å². The Labute approximate surface area is 97.7 Å². The van der Waals surface area contributed by atoms with Gasteiger partial charge in [-0.05, 0) is 44.7 Å². The van der Waals surface area contributed by atoms with Gasteiger partial charge in [-0.2, -0.15) is 0 Å². The lowest BCUT2D eigenvalue weighted by Crippen LogP contribution is -2.30. The summed E-state index contributed by atoms with van der Waals surface area (Å²) in [5.41, 5.74) is 0. The van der Waals surface area contributed by atoms with E-state index in [9.17, 15) is 8.42 Å². The Morgan fingerprint density at radius 2 is 2.19 bits per heavy atom. The summed E-state index contributed by atoms with van der Waals surface area (Å²) in [6.45, 7) is 2.94. The molecule has 0 aliphatic carbocycles. The normalized spacial score (nSPS) is 34.0. The van der Waals surface area contributed by atoms with Crippen LogP contribution in [0.25, 0.3) is 0 Å². The average molecular weight is 247 g/mol. The van der Waals surface area contributed by atoms with Gasteiger partial charge in [0.1, 0.15) is 0 Å². The van der Waals surface area contributed by atoms with Crippen molar-refractivity contribution in [2.75, 3.05) is 31.2 Å². The summed E-state index contributed by atoms with van der Waals surface area (Å²) in [4.78, 5) is 0. The first kappa shape index (κ1) is 12.3. The summed E-state index contributed by atoms with van der Waals surface area (Å²) in [5.74, 6) is 1.25. The van der Waals surface area contributed by atoms with Crippen LogP contribution in [0.5, 0.6) is 0 Å². The molecule has 2 unspecified atom stereocenters. The molecule has 0 radical (unpaired) electrons. The molecule has 2 aliphatic rings. The first-order valence-electron chi connectivity index (χ1n) is 6.18. The molecule has 2 aliphatic heterocycles. The van der Waals surface area contributed by atoms with Crippen LogP contribution in [0.3, 0.4) is 0 Å². The fraction of sp³-hybridized carbons (Fsp3) is 1.00. The second-order valence-electron chi connectivity index (χ2n) is 4.90. The smallest absolute Gasteiger partial charge is 0.152 e. The van der Waals surface area contributed by atoms with Gasteiger partial charge in [0, 0.05) is 6.61 Å². The fourth-order valence-corrected chi connectivity index (χ4v) is 4.08. The second-order valence-corrected chi connectivity index (χ2v) is 7.13. The van der Waals surface area contributed by atoms with Crippen LogP contribution < -0.4 is 5.32 Å². The highest BCUT2D eigenvalue weighted by Gasteiger charge is 2.28. The quantitative estimate of drug-likeness (QED) is 0.789. The molecule has 0 bridgehead atoms. The average Bonchev–Trinajstić information content (AvgIpc) is 2.60. The summed E-state index contributed by atoms with van der Waals surface area (Å²) in [6, 6.07) is 0. The number of rotatable bonds is 4. The molecule has 2 saturated heterocycles. The predicted molar refractivity (Wildman–Crippen MR) is 63.2 cm³/mol. The van der Waals surface area contributed by atoms with Gasteiger partial charge >= 0.3 is 0 Å². The molecule has 5 heteroatoms. The Hall–Kier alpha value is -0.130. The van der Waals surface area contributed by atoms with Crippen LogP contribution in [0.1, 0.15) is 25.7 Å². The van der Waals surface area contributed by atoms with E-state index in [2.05, 4.69) is 5.32 Å². The van der Waals surface area contributed by atoms with E-state index in [4.69, 9.17) is 4.74 Å². The monoisotopic (exact) mass is 247 g/mol. The molecule has 0 aromatic heterocycles. The zero-order valence-corrected chi connectivity index (χ0v) is 10.5. The molecule has 2 fully saturated rings. The van der Waals surface area contributed by atoms with Gasteiger partial charge in [-0.1, -0.05) is 0 Å². The van der Waals surface area contributed by atoms with Gasteiger partial charge in [0.15, 0.2) is 9.84 Å². The van der Waals surface area contributed by atoms with Crippen LogP contribution in [0.15, 0.2) is 0 Å². The van der Waals surface area contributed by atoms with Gasteiger partial charge in [-0.3, -0.25) is 0 Å². The third kappa shape index (κ3) is 3.71. The van der Waals surface area contributed by atoms with Crippen molar-refractivity contribution in [3.05, 3.63) is 0 Å². The Morgan fingerprint density at radius 1 is 1.31 bits per heavy atom. The van der Waals surface area contributed by atoms with Crippen molar-refractivity contribution in [1.29, 1.82) is 0 Å².